The molecule has 0 spiro atoms. The fraction of sp³-hybridized carbons (Fsp3) is 1.00. The Bertz CT molecular complexity index is 35.8. The van der Waals surface area contributed by atoms with Crippen LogP contribution in [0.4, 0.5) is 0 Å². The van der Waals surface area contributed by atoms with Gasteiger partial charge in [0.05, 0.1) is 0 Å². The van der Waals surface area contributed by atoms with E-state index in [2.05, 4.69) is 5.32 Å². The van der Waals surface area contributed by atoms with Crippen LogP contribution in [0.3, 0.4) is 0 Å². The molecule has 0 aliphatic carbocycles. The lowest BCUT2D eigenvalue weighted by Gasteiger charge is -1.76. The third-order valence-electron chi connectivity index (χ3n) is 0. The second-order valence-electron chi connectivity index (χ2n) is 2.53. The molecule has 0 aromatic rings. The molecule has 0 saturated heterocycles. The lowest BCUT2D eigenvalue weighted by atomic mass is 10.6. The monoisotopic (exact) mass is 201 g/mol. The smallest absolute Gasteiger partial charge is 0.0279 e. The summed E-state index contributed by atoms with van der Waals surface area (Å²) in [7, 11) is 3.75. The van der Waals surface area contributed by atoms with Crippen LogP contribution in [0.25, 0.3) is 0 Å². The minimum absolute atomic E-state index is 0.306. The Morgan fingerprint density at radius 1 is 0.818 bits per heavy atom. The maximum Gasteiger partial charge on any atom is 0.0279 e. The van der Waals surface area contributed by atoms with Crippen LogP contribution in [0.15, 0.2) is 0 Å². The Hall–Kier alpha value is 0.540. The van der Waals surface area contributed by atoms with Gasteiger partial charge in [-0.3, -0.25) is 0 Å². The Kier molecular flexibility index (Phi) is 27.0. The van der Waals surface area contributed by atoms with Crippen molar-refractivity contribution in [3.63, 3.8) is 0 Å². The highest BCUT2D eigenvalue weighted by molar-refractivity contribution is 6.20. The minimum atomic E-state index is 0.306. The van der Waals surface area contributed by atoms with Crippen LogP contribution in [0.2, 0.25) is 0 Å². The molecule has 0 atom stereocenters. The molecule has 0 aliphatic heterocycles. The van der Waals surface area contributed by atoms with Crippen molar-refractivity contribution in [2.24, 2.45) is 0 Å². The van der Waals surface area contributed by atoms with Gasteiger partial charge in [-0.05, 0) is 41.8 Å². The van der Waals surface area contributed by atoms with Gasteiger partial charge in [0.2, 0.25) is 0 Å². The van der Waals surface area contributed by atoms with Crippen LogP contribution in [0, 0.1) is 0 Å². The molecule has 0 aromatic carbocycles. The molecule has 11 heavy (non-hydrogen) atoms. The number of rotatable bonds is 0. The lowest BCUT2D eigenvalue weighted by molar-refractivity contribution is 1.02. The van der Waals surface area contributed by atoms with Gasteiger partial charge in [0.1, 0.15) is 0 Å². The molecular weight excluding hydrogens is 181 g/mol. The Morgan fingerprint density at radius 2 is 0.818 bits per heavy atom. The first-order chi connectivity index (χ1) is 4.88. The first kappa shape index (κ1) is 17.6. The van der Waals surface area contributed by atoms with Crippen molar-refractivity contribution in [1.29, 1.82) is 0 Å². The van der Waals surface area contributed by atoms with Crippen LogP contribution in [0.5, 0.6) is 0 Å². The molecule has 3 heteroatoms. The zero-order chi connectivity index (χ0) is 9.86. The summed E-state index contributed by atoms with van der Waals surface area (Å²) < 4.78 is 0. The number of alkyl halides is 2. The van der Waals surface area contributed by atoms with Gasteiger partial charge in [-0.25, -0.2) is 0 Å². The third-order valence-corrected chi connectivity index (χ3v) is 0. The van der Waals surface area contributed by atoms with Gasteiger partial charge < -0.3 is 5.32 Å². The van der Waals surface area contributed by atoms with Crippen LogP contribution >= 0.6 is 23.2 Å². The van der Waals surface area contributed by atoms with Crippen molar-refractivity contribution in [2.45, 2.75) is 38.4 Å². The first-order valence-electron chi connectivity index (χ1n) is 3.75. The van der Waals surface area contributed by atoms with Gasteiger partial charge in [-0.1, -0.05) is 0 Å². The van der Waals surface area contributed by atoms with E-state index < -0.39 is 0 Å². The normalized spacial score (nSPS) is 8.18. The SMILES string of the molecule is CC(C)Cl.CC(C)Cl.CNC. The van der Waals surface area contributed by atoms with Gasteiger partial charge in [0, 0.05) is 10.8 Å². The summed E-state index contributed by atoms with van der Waals surface area (Å²) in [5.74, 6) is 0. The van der Waals surface area contributed by atoms with E-state index in [-0.39, 0.29) is 0 Å². The minimum Gasteiger partial charge on any atom is -0.323 e. The van der Waals surface area contributed by atoms with E-state index in [1.54, 1.807) is 0 Å². The molecule has 0 heterocycles. The molecular formula is C8H21Cl2N. The largest absolute Gasteiger partial charge is 0.323 e. The summed E-state index contributed by atoms with van der Waals surface area (Å²) in [5.41, 5.74) is 0. The van der Waals surface area contributed by atoms with Crippen molar-refractivity contribution < 1.29 is 0 Å². The van der Waals surface area contributed by atoms with Gasteiger partial charge in [0.25, 0.3) is 0 Å². The average Bonchev–Trinajstić information content (AvgIpc) is 1.60. The van der Waals surface area contributed by atoms with E-state index in [0.717, 1.165) is 0 Å². The molecule has 1 nitrogen and oxygen atoms in total. The van der Waals surface area contributed by atoms with Gasteiger partial charge >= 0.3 is 0 Å². The first-order valence-corrected chi connectivity index (χ1v) is 4.62. The predicted octanol–water partition coefficient (Wildman–Crippen LogP) is 3.10. The van der Waals surface area contributed by atoms with E-state index in [0.29, 0.717) is 10.8 Å². The summed E-state index contributed by atoms with van der Waals surface area (Å²) in [6, 6.07) is 0. The Balaban J connectivity index is -0.0000000886. The summed E-state index contributed by atoms with van der Waals surface area (Å²) in [5, 5.41) is 3.36. The highest BCUT2D eigenvalue weighted by Gasteiger charge is 1.71. The van der Waals surface area contributed by atoms with Crippen LogP contribution < -0.4 is 5.32 Å². The summed E-state index contributed by atoms with van der Waals surface area (Å²) >= 11 is 10.5. The van der Waals surface area contributed by atoms with Crippen LogP contribution in [-0.2, 0) is 0 Å². The maximum absolute atomic E-state index is 5.27. The standard InChI is InChI=1S/2C3H7Cl.C2H7N/c2*1-3(2)4;1-3-2/h2*3H,1-2H3;3H,1-2H3. The van der Waals surface area contributed by atoms with Gasteiger partial charge in [-0.15, -0.1) is 23.2 Å². The number of nitrogens with one attached hydrogen (secondary N) is 1. The maximum atomic E-state index is 5.27. The molecule has 72 valence electrons. The zero-order valence-electron chi connectivity index (χ0n) is 8.41. The van der Waals surface area contributed by atoms with Crippen molar-refractivity contribution >= 4 is 23.2 Å². The molecule has 0 saturated carbocycles. The Labute approximate surface area is 81.5 Å². The fourth-order valence-electron chi connectivity index (χ4n) is 0. The van der Waals surface area contributed by atoms with Crippen molar-refractivity contribution in [3.05, 3.63) is 0 Å². The van der Waals surface area contributed by atoms with Crippen molar-refractivity contribution in [2.75, 3.05) is 14.1 Å². The highest BCUT2D eigenvalue weighted by atomic mass is 35.5. The molecule has 0 aliphatic rings. The Morgan fingerprint density at radius 3 is 0.818 bits per heavy atom. The quantitative estimate of drug-likeness (QED) is 0.595. The van der Waals surface area contributed by atoms with Crippen LogP contribution in [-0.4, -0.2) is 24.8 Å². The third kappa shape index (κ3) is 2640. The number of hydrogen-bond acceptors (Lipinski definition) is 1. The van der Waals surface area contributed by atoms with E-state index in [9.17, 15) is 0 Å². The van der Waals surface area contributed by atoms with E-state index in [1.807, 2.05) is 41.8 Å². The molecule has 0 bridgehead atoms. The number of hydrogen-bond donors (Lipinski definition) is 1. The molecule has 0 radical (unpaired) electrons. The molecule has 1 N–H and O–H groups in total. The van der Waals surface area contributed by atoms with E-state index in [4.69, 9.17) is 23.2 Å². The zero-order valence-corrected chi connectivity index (χ0v) is 9.92. The van der Waals surface area contributed by atoms with E-state index in [1.165, 1.54) is 0 Å². The van der Waals surface area contributed by atoms with Crippen molar-refractivity contribution in [3.8, 4) is 0 Å². The second-order valence-corrected chi connectivity index (χ2v) is 4.27. The number of halogens is 2. The molecule has 0 amide bonds. The van der Waals surface area contributed by atoms with Crippen LogP contribution in [0.1, 0.15) is 27.7 Å². The molecule has 0 fully saturated rings. The molecule has 0 rings (SSSR count). The summed E-state index contributed by atoms with van der Waals surface area (Å²) in [6.07, 6.45) is 0. The summed E-state index contributed by atoms with van der Waals surface area (Å²) in [6.45, 7) is 7.73. The fourth-order valence-corrected chi connectivity index (χ4v) is 0. The lowest BCUT2D eigenvalue weighted by Crippen LogP contribution is -1.89. The topological polar surface area (TPSA) is 12.0 Å². The molecule has 0 unspecified atom stereocenters. The second kappa shape index (κ2) is 16.9. The average molecular weight is 202 g/mol. The summed E-state index contributed by atoms with van der Waals surface area (Å²) in [4.78, 5) is 0. The highest BCUT2D eigenvalue weighted by Crippen LogP contribution is 1.85. The van der Waals surface area contributed by atoms with Gasteiger partial charge in [0.15, 0.2) is 0 Å². The predicted molar refractivity (Wildman–Crippen MR) is 57.0 cm³/mol. The molecule has 0 aromatic heterocycles. The van der Waals surface area contributed by atoms with E-state index >= 15 is 0 Å². The van der Waals surface area contributed by atoms with Crippen molar-refractivity contribution in [1.82, 2.24) is 5.32 Å². The van der Waals surface area contributed by atoms with Gasteiger partial charge in [-0.2, -0.15) is 0 Å².